The van der Waals surface area contributed by atoms with E-state index in [2.05, 4.69) is 38.3 Å². The Balaban J connectivity index is 4.73. The normalized spacial score (nSPS) is 12.0. The van der Waals surface area contributed by atoms with Gasteiger partial charge in [0, 0.05) is 11.1 Å². The Bertz CT molecular complexity index is 220. The zero-order valence-corrected chi connectivity index (χ0v) is 12.2. The fourth-order valence-corrected chi connectivity index (χ4v) is 2.49. The summed E-state index contributed by atoms with van der Waals surface area (Å²) >= 11 is 0. The van der Waals surface area contributed by atoms with Gasteiger partial charge in [0.05, 0.1) is 0 Å². The summed E-state index contributed by atoms with van der Waals surface area (Å²) < 4.78 is 0. The topological polar surface area (TPSA) is 58.2 Å². The number of nitrogens with one attached hydrogen (secondary N) is 2. The first-order valence-corrected chi connectivity index (χ1v) is 7.00. The molecule has 0 aliphatic carbocycles. The molecule has 0 radical (unpaired) electrons. The Kier molecular flexibility index (Phi) is 7.64. The summed E-state index contributed by atoms with van der Waals surface area (Å²) in [5, 5.41) is 5.92. The molecule has 0 fully saturated rings. The fourth-order valence-electron chi connectivity index (χ4n) is 2.49. The molecule has 0 aromatic carbocycles. The van der Waals surface area contributed by atoms with Crippen molar-refractivity contribution in [1.82, 2.24) is 10.6 Å². The van der Waals surface area contributed by atoms with Crippen LogP contribution >= 0.6 is 0 Å². The average Bonchev–Trinajstić information content (AvgIpc) is 2.42. The summed E-state index contributed by atoms with van der Waals surface area (Å²) in [5.41, 5.74) is -0.274. The van der Waals surface area contributed by atoms with Crippen LogP contribution in [0.3, 0.4) is 0 Å². The molecule has 0 aliphatic heterocycles. The van der Waals surface area contributed by atoms with Crippen molar-refractivity contribution in [2.75, 3.05) is 0 Å². The van der Waals surface area contributed by atoms with Crippen molar-refractivity contribution < 1.29 is 9.59 Å². The number of carbonyl (C=O) groups is 2. The Morgan fingerprint density at radius 2 is 1.00 bits per heavy atom. The number of hydrogen-bond acceptors (Lipinski definition) is 2. The Hall–Kier alpha value is -1.06. The first-order valence-electron chi connectivity index (χ1n) is 7.00. The Morgan fingerprint density at radius 1 is 0.722 bits per heavy atom. The molecular formula is C14H28N2O2. The van der Waals surface area contributed by atoms with Crippen molar-refractivity contribution in [3.8, 4) is 0 Å². The highest BCUT2D eigenvalue weighted by Crippen LogP contribution is 2.28. The lowest BCUT2D eigenvalue weighted by Crippen LogP contribution is -2.49. The number of hydrogen-bond donors (Lipinski definition) is 2. The van der Waals surface area contributed by atoms with E-state index < -0.39 is 0 Å². The van der Waals surface area contributed by atoms with Crippen LogP contribution < -0.4 is 10.6 Å². The van der Waals surface area contributed by atoms with Crippen LogP contribution in [0, 0.1) is 0 Å². The second kappa shape index (κ2) is 8.11. The third-order valence-corrected chi connectivity index (χ3v) is 4.52. The van der Waals surface area contributed by atoms with Crippen LogP contribution in [0.1, 0.15) is 66.2 Å². The van der Waals surface area contributed by atoms with E-state index in [0.29, 0.717) is 0 Å². The third-order valence-electron chi connectivity index (χ3n) is 4.52. The van der Waals surface area contributed by atoms with E-state index in [-0.39, 0.29) is 11.1 Å². The predicted molar refractivity (Wildman–Crippen MR) is 74.3 cm³/mol. The van der Waals surface area contributed by atoms with Crippen LogP contribution in [0.2, 0.25) is 0 Å². The highest BCUT2D eigenvalue weighted by Gasteiger charge is 2.31. The smallest absolute Gasteiger partial charge is 0.207 e. The van der Waals surface area contributed by atoms with E-state index in [4.69, 9.17) is 0 Å². The molecule has 18 heavy (non-hydrogen) atoms. The summed E-state index contributed by atoms with van der Waals surface area (Å²) in [5.74, 6) is 0. The predicted octanol–water partition coefficient (Wildman–Crippen LogP) is 2.38. The lowest BCUT2D eigenvalue weighted by atomic mass is 9.79. The van der Waals surface area contributed by atoms with Crippen LogP contribution in [0.5, 0.6) is 0 Å². The third kappa shape index (κ3) is 4.31. The van der Waals surface area contributed by atoms with Gasteiger partial charge < -0.3 is 10.6 Å². The second-order valence-electron chi connectivity index (χ2n) is 5.00. The van der Waals surface area contributed by atoms with Crippen LogP contribution in [0.4, 0.5) is 0 Å². The quantitative estimate of drug-likeness (QED) is 0.558. The molecule has 0 spiro atoms. The van der Waals surface area contributed by atoms with E-state index in [0.717, 1.165) is 51.3 Å². The van der Waals surface area contributed by atoms with Gasteiger partial charge in [0.25, 0.3) is 0 Å². The van der Waals surface area contributed by atoms with Gasteiger partial charge in [-0.3, -0.25) is 9.59 Å². The summed E-state index contributed by atoms with van der Waals surface area (Å²) in [6.45, 7) is 8.36. The van der Waals surface area contributed by atoms with Gasteiger partial charge in [-0.15, -0.1) is 0 Å². The maximum atomic E-state index is 10.7. The second-order valence-corrected chi connectivity index (χ2v) is 5.00. The van der Waals surface area contributed by atoms with Gasteiger partial charge in [0.1, 0.15) is 0 Å². The summed E-state index contributed by atoms with van der Waals surface area (Å²) in [7, 11) is 0. The molecule has 0 aliphatic rings. The highest BCUT2D eigenvalue weighted by atomic mass is 16.1. The van der Waals surface area contributed by atoms with Gasteiger partial charge in [-0.2, -0.15) is 0 Å². The van der Waals surface area contributed by atoms with Crippen molar-refractivity contribution in [3.63, 3.8) is 0 Å². The lowest BCUT2D eigenvalue weighted by molar-refractivity contribution is -0.113. The largest absolute Gasteiger partial charge is 0.353 e. The first-order chi connectivity index (χ1) is 8.57. The molecular weight excluding hydrogens is 228 g/mol. The molecule has 2 amide bonds. The minimum atomic E-state index is -0.137. The van der Waals surface area contributed by atoms with Crippen LogP contribution in [-0.4, -0.2) is 23.9 Å². The molecule has 4 nitrogen and oxygen atoms in total. The minimum Gasteiger partial charge on any atom is -0.353 e. The molecule has 0 unspecified atom stereocenters. The number of carbonyl (C=O) groups excluding carboxylic acids is 2. The van der Waals surface area contributed by atoms with Crippen molar-refractivity contribution in [1.29, 1.82) is 0 Å². The van der Waals surface area contributed by atoms with Crippen molar-refractivity contribution >= 4 is 12.8 Å². The van der Waals surface area contributed by atoms with Gasteiger partial charge in [-0.1, -0.05) is 27.7 Å². The molecule has 0 aromatic heterocycles. The summed E-state index contributed by atoms with van der Waals surface area (Å²) in [6, 6.07) is 0. The maximum Gasteiger partial charge on any atom is 0.207 e. The summed E-state index contributed by atoms with van der Waals surface area (Å²) in [6.07, 6.45) is 7.00. The molecule has 0 saturated carbocycles. The van der Waals surface area contributed by atoms with E-state index in [9.17, 15) is 9.59 Å². The molecule has 0 bridgehead atoms. The first kappa shape index (κ1) is 16.9. The van der Waals surface area contributed by atoms with Gasteiger partial charge >= 0.3 is 0 Å². The van der Waals surface area contributed by atoms with Crippen LogP contribution in [-0.2, 0) is 9.59 Å². The number of rotatable bonds is 11. The van der Waals surface area contributed by atoms with Crippen molar-refractivity contribution in [3.05, 3.63) is 0 Å². The van der Waals surface area contributed by atoms with Gasteiger partial charge in [0.15, 0.2) is 0 Å². The Morgan fingerprint density at radius 3 is 1.17 bits per heavy atom. The van der Waals surface area contributed by atoms with Crippen LogP contribution in [0.25, 0.3) is 0 Å². The number of amides is 2. The van der Waals surface area contributed by atoms with E-state index in [1.54, 1.807) is 0 Å². The van der Waals surface area contributed by atoms with Gasteiger partial charge in [-0.05, 0) is 38.5 Å². The summed E-state index contributed by atoms with van der Waals surface area (Å²) in [4.78, 5) is 21.5. The zero-order valence-electron chi connectivity index (χ0n) is 12.2. The zero-order chi connectivity index (χ0) is 14.1. The molecule has 0 aromatic rings. The molecule has 0 saturated heterocycles. The molecule has 0 atom stereocenters. The highest BCUT2D eigenvalue weighted by molar-refractivity contribution is 5.48. The molecule has 4 heteroatoms. The fraction of sp³-hybridized carbons (Fsp3) is 0.857. The minimum absolute atomic E-state index is 0.137. The molecule has 106 valence electrons. The maximum absolute atomic E-state index is 10.7. The van der Waals surface area contributed by atoms with Crippen molar-refractivity contribution in [2.45, 2.75) is 77.3 Å². The molecule has 0 rings (SSSR count). The molecule has 0 heterocycles. The van der Waals surface area contributed by atoms with Gasteiger partial charge in [0.2, 0.25) is 12.8 Å². The standard InChI is InChI=1S/C14H28N2O2/c1-5-13(6-2,15-11-17)9-10-14(7-3,8-4)16-12-18/h11-12H,5-10H2,1-4H3,(H,15,17)(H,16,18). The van der Waals surface area contributed by atoms with E-state index in [1.807, 2.05) is 0 Å². The van der Waals surface area contributed by atoms with Crippen LogP contribution in [0.15, 0.2) is 0 Å². The van der Waals surface area contributed by atoms with E-state index in [1.165, 1.54) is 0 Å². The lowest BCUT2D eigenvalue weighted by Gasteiger charge is -2.37. The Labute approximate surface area is 111 Å². The van der Waals surface area contributed by atoms with E-state index >= 15 is 0 Å². The molecule has 2 N–H and O–H groups in total. The monoisotopic (exact) mass is 256 g/mol. The SMILES string of the molecule is CCC(CC)(CCC(CC)(CC)NC=O)NC=O. The van der Waals surface area contributed by atoms with Crippen molar-refractivity contribution in [2.24, 2.45) is 0 Å². The van der Waals surface area contributed by atoms with Gasteiger partial charge in [-0.25, -0.2) is 0 Å². The average molecular weight is 256 g/mol.